The van der Waals surface area contributed by atoms with Gasteiger partial charge >= 0.3 is 5.97 Å². The number of nitrogens with one attached hydrogen (secondary N) is 1. The number of aliphatic hydroxyl groups is 2. The predicted octanol–water partition coefficient (Wildman–Crippen LogP) is 16.5. The van der Waals surface area contributed by atoms with Gasteiger partial charge in [-0.1, -0.05) is 251 Å². The van der Waals surface area contributed by atoms with Crippen molar-refractivity contribution in [3.05, 3.63) is 12.2 Å². The summed E-state index contributed by atoms with van der Waals surface area (Å²) in [5.41, 5.74) is 0. The lowest BCUT2D eigenvalue weighted by Crippen LogP contribution is -2.45. The van der Waals surface area contributed by atoms with Gasteiger partial charge < -0.3 is 20.3 Å². The van der Waals surface area contributed by atoms with Crippen LogP contribution in [0.15, 0.2) is 12.2 Å². The van der Waals surface area contributed by atoms with Crippen molar-refractivity contribution in [3.8, 4) is 0 Å². The smallest absolute Gasteiger partial charge is 0.305 e. The van der Waals surface area contributed by atoms with Crippen molar-refractivity contribution in [2.75, 3.05) is 13.2 Å². The van der Waals surface area contributed by atoms with E-state index in [0.717, 1.165) is 70.6 Å². The van der Waals surface area contributed by atoms with Crippen LogP contribution in [0.3, 0.4) is 0 Å². The van der Waals surface area contributed by atoms with Gasteiger partial charge in [-0.15, -0.1) is 0 Å². The van der Waals surface area contributed by atoms with E-state index in [1.165, 1.54) is 199 Å². The van der Waals surface area contributed by atoms with E-state index in [1.54, 1.807) is 0 Å². The first-order valence-electron chi connectivity index (χ1n) is 27.4. The highest BCUT2D eigenvalue weighted by Gasteiger charge is 2.20. The summed E-state index contributed by atoms with van der Waals surface area (Å²) >= 11 is 0. The van der Waals surface area contributed by atoms with Crippen LogP contribution in [0, 0.1) is 0 Å². The number of esters is 1. The molecule has 362 valence electrons. The molecule has 0 aliphatic heterocycles. The minimum Gasteiger partial charge on any atom is -0.466 e. The molecule has 0 spiro atoms. The third kappa shape index (κ3) is 47.9. The maximum absolute atomic E-state index is 12.4. The third-order valence-corrected chi connectivity index (χ3v) is 12.8. The van der Waals surface area contributed by atoms with E-state index in [4.69, 9.17) is 4.74 Å². The molecule has 0 rings (SSSR count). The lowest BCUT2D eigenvalue weighted by atomic mass is 10.0. The van der Waals surface area contributed by atoms with Gasteiger partial charge in [-0.05, 0) is 51.4 Å². The zero-order valence-corrected chi connectivity index (χ0v) is 41.2. The first-order valence-corrected chi connectivity index (χ1v) is 27.4. The van der Waals surface area contributed by atoms with Crippen LogP contribution in [0.1, 0.15) is 303 Å². The zero-order valence-electron chi connectivity index (χ0n) is 41.2. The minimum absolute atomic E-state index is 0.00590. The Bertz CT molecular complexity index is 909. The highest BCUT2D eigenvalue weighted by Crippen LogP contribution is 2.17. The van der Waals surface area contributed by atoms with Crippen LogP contribution in [0.4, 0.5) is 0 Å². The Morgan fingerprint density at radius 2 is 0.770 bits per heavy atom. The normalized spacial score (nSPS) is 12.7. The molecule has 0 fully saturated rings. The Labute approximate surface area is 380 Å². The standard InChI is InChI=1S/C55H107NO5/c1-3-5-7-9-11-13-15-17-18-19-22-25-29-33-37-41-45-49-55(60)61-50-46-42-38-34-30-26-23-20-21-24-28-32-36-40-44-48-54(59)56-52(51-57)53(58)47-43-39-35-31-27-16-14-12-10-8-6-4-2/h23,26,52-53,57-58H,3-22,24-25,27-51H2,1-2H3,(H,56,59)/b26-23-. The topological polar surface area (TPSA) is 95.9 Å². The first kappa shape index (κ1) is 59.6. The third-order valence-electron chi connectivity index (χ3n) is 12.8. The van der Waals surface area contributed by atoms with Crippen molar-refractivity contribution < 1.29 is 24.5 Å². The fourth-order valence-electron chi connectivity index (χ4n) is 8.58. The van der Waals surface area contributed by atoms with Crippen LogP contribution in [-0.2, 0) is 14.3 Å². The number of aliphatic hydroxyl groups excluding tert-OH is 2. The lowest BCUT2D eigenvalue weighted by molar-refractivity contribution is -0.143. The van der Waals surface area contributed by atoms with Gasteiger partial charge in [-0.25, -0.2) is 0 Å². The lowest BCUT2D eigenvalue weighted by Gasteiger charge is -2.22. The van der Waals surface area contributed by atoms with Gasteiger partial charge in [-0.2, -0.15) is 0 Å². The Hall–Kier alpha value is -1.40. The molecule has 6 nitrogen and oxygen atoms in total. The van der Waals surface area contributed by atoms with Crippen LogP contribution < -0.4 is 5.32 Å². The summed E-state index contributed by atoms with van der Waals surface area (Å²) < 4.78 is 5.47. The number of rotatable bonds is 51. The van der Waals surface area contributed by atoms with Crippen molar-refractivity contribution in [3.63, 3.8) is 0 Å². The van der Waals surface area contributed by atoms with E-state index in [0.29, 0.717) is 25.9 Å². The van der Waals surface area contributed by atoms with Crippen LogP contribution >= 0.6 is 0 Å². The largest absolute Gasteiger partial charge is 0.466 e. The molecule has 0 aromatic rings. The number of hydrogen-bond donors (Lipinski definition) is 3. The minimum atomic E-state index is -0.672. The fraction of sp³-hybridized carbons (Fsp3) is 0.927. The Morgan fingerprint density at radius 3 is 1.16 bits per heavy atom. The molecule has 2 atom stereocenters. The van der Waals surface area contributed by atoms with E-state index in [2.05, 4.69) is 31.3 Å². The number of unbranched alkanes of at least 4 members (excludes halogenated alkanes) is 38. The fourth-order valence-corrected chi connectivity index (χ4v) is 8.58. The van der Waals surface area contributed by atoms with E-state index in [1.807, 2.05) is 0 Å². The highest BCUT2D eigenvalue weighted by molar-refractivity contribution is 5.76. The van der Waals surface area contributed by atoms with Gasteiger partial charge in [0.15, 0.2) is 0 Å². The second kappa shape index (κ2) is 51.2. The second-order valence-corrected chi connectivity index (χ2v) is 18.9. The molecule has 2 unspecified atom stereocenters. The second-order valence-electron chi connectivity index (χ2n) is 18.9. The van der Waals surface area contributed by atoms with Crippen molar-refractivity contribution in [1.82, 2.24) is 5.32 Å². The number of amides is 1. The molecule has 6 heteroatoms. The average Bonchev–Trinajstić information content (AvgIpc) is 3.26. The average molecular weight is 862 g/mol. The van der Waals surface area contributed by atoms with E-state index in [9.17, 15) is 19.8 Å². The molecular weight excluding hydrogens is 755 g/mol. The molecule has 1 amide bonds. The maximum atomic E-state index is 12.4. The maximum Gasteiger partial charge on any atom is 0.305 e. The molecule has 0 aliphatic carbocycles. The first-order chi connectivity index (χ1) is 30.0. The number of hydrogen-bond acceptors (Lipinski definition) is 5. The predicted molar refractivity (Wildman–Crippen MR) is 264 cm³/mol. The van der Waals surface area contributed by atoms with E-state index < -0.39 is 12.1 Å². The highest BCUT2D eigenvalue weighted by atomic mass is 16.5. The zero-order chi connectivity index (χ0) is 44.4. The molecule has 0 aliphatic rings. The summed E-state index contributed by atoms with van der Waals surface area (Å²) in [5, 5.41) is 23.2. The molecule has 3 N–H and O–H groups in total. The Morgan fingerprint density at radius 1 is 0.443 bits per heavy atom. The molecular formula is C55H107NO5. The summed E-state index contributed by atoms with van der Waals surface area (Å²) in [4.78, 5) is 24.5. The number of ether oxygens (including phenoxy) is 1. The number of carbonyl (C=O) groups is 2. The summed E-state index contributed by atoms with van der Waals surface area (Å²) in [6.45, 7) is 4.93. The molecule has 0 saturated heterocycles. The quantitative estimate of drug-likeness (QED) is 0.0322. The van der Waals surface area contributed by atoms with Crippen LogP contribution in [0.5, 0.6) is 0 Å². The molecule has 0 saturated carbocycles. The molecule has 0 bridgehead atoms. The summed E-state index contributed by atoms with van der Waals surface area (Å²) in [6, 6.07) is -0.551. The monoisotopic (exact) mass is 862 g/mol. The number of carbonyl (C=O) groups excluding carboxylic acids is 2. The molecule has 0 aromatic carbocycles. The SMILES string of the molecule is CCCCCCCCCCCCCCCCCCCC(=O)OCCCCCC/C=C\CCCCCCCCCC(=O)NC(CO)C(O)CCCCCCCCCCCCCC. The van der Waals surface area contributed by atoms with Crippen LogP contribution in [-0.4, -0.2) is 47.4 Å². The van der Waals surface area contributed by atoms with Crippen molar-refractivity contribution in [2.24, 2.45) is 0 Å². The van der Waals surface area contributed by atoms with Gasteiger partial charge in [0, 0.05) is 12.8 Å². The van der Waals surface area contributed by atoms with Crippen molar-refractivity contribution in [2.45, 2.75) is 315 Å². The van der Waals surface area contributed by atoms with Gasteiger partial charge in [-0.3, -0.25) is 9.59 Å². The summed E-state index contributed by atoms with van der Waals surface area (Å²) in [5.74, 6) is -0.0557. The van der Waals surface area contributed by atoms with E-state index in [-0.39, 0.29) is 18.5 Å². The van der Waals surface area contributed by atoms with Gasteiger partial charge in [0.2, 0.25) is 5.91 Å². The molecule has 0 aromatic heterocycles. The summed E-state index contributed by atoms with van der Waals surface area (Å²) in [7, 11) is 0. The van der Waals surface area contributed by atoms with Crippen molar-refractivity contribution >= 4 is 11.9 Å². The summed E-state index contributed by atoms with van der Waals surface area (Å²) in [6.07, 6.45) is 59.1. The van der Waals surface area contributed by atoms with Crippen molar-refractivity contribution in [1.29, 1.82) is 0 Å². The van der Waals surface area contributed by atoms with Crippen LogP contribution in [0.2, 0.25) is 0 Å². The Kier molecular flexibility index (Phi) is 50.1. The van der Waals surface area contributed by atoms with Gasteiger partial charge in [0.05, 0.1) is 25.4 Å². The van der Waals surface area contributed by atoms with Gasteiger partial charge in [0.25, 0.3) is 0 Å². The molecule has 0 radical (unpaired) electrons. The van der Waals surface area contributed by atoms with E-state index >= 15 is 0 Å². The molecule has 0 heterocycles. The Balaban J connectivity index is 3.44. The van der Waals surface area contributed by atoms with Crippen LogP contribution in [0.25, 0.3) is 0 Å². The molecule has 61 heavy (non-hydrogen) atoms. The number of allylic oxidation sites excluding steroid dienone is 2. The van der Waals surface area contributed by atoms with Gasteiger partial charge in [0.1, 0.15) is 0 Å².